The van der Waals surface area contributed by atoms with E-state index in [1.165, 1.54) is 0 Å². The Bertz CT molecular complexity index is 437. The molecule has 0 spiro atoms. The molecule has 1 aromatic rings. The predicted molar refractivity (Wildman–Crippen MR) is 75.1 cm³/mol. The van der Waals surface area contributed by atoms with Crippen molar-refractivity contribution in [3.05, 3.63) is 11.0 Å². The van der Waals surface area contributed by atoms with Crippen LogP contribution in [-0.2, 0) is 0 Å². The number of halogens is 1. The van der Waals surface area contributed by atoms with Gasteiger partial charge in [-0.15, -0.1) is 0 Å². The molecule has 1 atom stereocenters. The van der Waals surface area contributed by atoms with E-state index >= 15 is 0 Å². The van der Waals surface area contributed by atoms with E-state index in [-0.39, 0.29) is 5.28 Å². The maximum absolute atomic E-state index is 6.06. The Morgan fingerprint density at radius 2 is 2.11 bits per heavy atom. The minimum absolute atomic E-state index is 0.267. The van der Waals surface area contributed by atoms with Gasteiger partial charge in [-0.05, 0) is 32.0 Å². The van der Waals surface area contributed by atoms with Crippen LogP contribution in [-0.4, -0.2) is 47.6 Å². The molecule has 6 heteroatoms. The third kappa shape index (κ3) is 2.52. The van der Waals surface area contributed by atoms with E-state index in [4.69, 9.17) is 17.3 Å². The minimum atomic E-state index is 0.267. The number of nitrogens with zero attached hydrogens (tertiary/aromatic N) is 4. The van der Waals surface area contributed by atoms with Gasteiger partial charge in [-0.1, -0.05) is 6.92 Å². The zero-order valence-electron chi connectivity index (χ0n) is 11.1. The number of hydrogen-bond donors (Lipinski definition) is 1. The second kappa shape index (κ2) is 5.28. The van der Waals surface area contributed by atoms with E-state index in [1.54, 1.807) is 0 Å². The standard InChI is InChI=1S/C12H20ClN5/c1-4-9-7-18(6-5-17(9)3)11-10(14)8(2)15-12(13)16-11/h9H,4-7,14H2,1-3H3. The van der Waals surface area contributed by atoms with Gasteiger partial charge < -0.3 is 10.6 Å². The number of nitrogens with two attached hydrogens (primary N) is 1. The molecule has 1 fully saturated rings. The SMILES string of the molecule is CCC1CN(c2nc(Cl)nc(C)c2N)CCN1C. The highest BCUT2D eigenvalue weighted by atomic mass is 35.5. The van der Waals surface area contributed by atoms with Crippen molar-refractivity contribution < 1.29 is 0 Å². The summed E-state index contributed by atoms with van der Waals surface area (Å²) in [5.74, 6) is 0.777. The van der Waals surface area contributed by atoms with Crippen molar-refractivity contribution in [2.45, 2.75) is 26.3 Å². The molecule has 1 saturated heterocycles. The molecule has 1 aliphatic heterocycles. The van der Waals surface area contributed by atoms with Crippen molar-refractivity contribution in [1.29, 1.82) is 0 Å². The highest BCUT2D eigenvalue weighted by molar-refractivity contribution is 6.28. The van der Waals surface area contributed by atoms with Gasteiger partial charge in [0.15, 0.2) is 5.82 Å². The number of aryl methyl sites for hydroxylation is 1. The molecule has 0 saturated carbocycles. The summed E-state index contributed by atoms with van der Waals surface area (Å²) in [4.78, 5) is 13.0. The molecule has 0 aliphatic carbocycles. The number of anilines is 2. The summed E-state index contributed by atoms with van der Waals surface area (Å²) in [5, 5.41) is 0.267. The molecule has 0 bridgehead atoms. The van der Waals surface area contributed by atoms with E-state index in [0.29, 0.717) is 11.7 Å². The van der Waals surface area contributed by atoms with Crippen LogP contribution >= 0.6 is 11.6 Å². The average molecular weight is 270 g/mol. The molecule has 5 nitrogen and oxygen atoms in total. The molecule has 1 aromatic heterocycles. The normalized spacial score (nSPS) is 21.3. The zero-order chi connectivity index (χ0) is 13.3. The number of nitrogen functional groups attached to an aromatic ring is 1. The highest BCUT2D eigenvalue weighted by Crippen LogP contribution is 2.26. The average Bonchev–Trinajstić information content (AvgIpc) is 2.34. The Hall–Kier alpha value is -1.07. The first-order valence-corrected chi connectivity index (χ1v) is 6.65. The summed E-state index contributed by atoms with van der Waals surface area (Å²) in [5.41, 5.74) is 7.45. The van der Waals surface area contributed by atoms with Crippen molar-refractivity contribution in [3.63, 3.8) is 0 Å². The molecule has 100 valence electrons. The lowest BCUT2D eigenvalue weighted by Gasteiger charge is -2.40. The molecule has 2 rings (SSSR count). The van der Waals surface area contributed by atoms with E-state index < -0.39 is 0 Å². The van der Waals surface area contributed by atoms with Crippen molar-refractivity contribution in [2.24, 2.45) is 0 Å². The number of likely N-dealkylation sites (N-methyl/N-ethyl adjacent to an activating group) is 1. The molecule has 1 aliphatic rings. The number of aromatic nitrogens is 2. The van der Waals surface area contributed by atoms with Gasteiger partial charge in [0.05, 0.1) is 11.4 Å². The minimum Gasteiger partial charge on any atom is -0.394 e. The highest BCUT2D eigenvalue weighted by Gasteiger charge is 2.25. The maximum atomic E-state index is 6.06. The van der Waals surface area contributed by atoms with Crippen LogP contribution in [0.5, 0.6) is 0 Å². The van der Waals surface area contributed by atoms with Crippen molar-refractivity contribution >= 4 is 23.1 Å². The van der Waals surface area contributed by atoms with E-state index in [0.717, 1.165) is 37.6 Å². The third-order valence-corrected chi connectivity index (χ3v) is 3.81. The molecule has 2 N–H and O–H groups in total. The van der Waals surface area contributed by atoms with Crippen molar-refractivity contribution in [2.75, 3.05) is 37.3 Å². The summed E-state index contributed by atoms with van der Waals surface area (Å²) in [7, 11) is 2.16. The van der Waals surface area contributed by atoms with Crippen LogP contribution in [0.2, 0.25) is 5.28 Å². The Balaban J connectivity index is 2.27. The first-order chi connectivity index (χ1) is 8.52. The first-order valence-electron chi connectivity index (χ1n) is 6.27. The fraction of sp³-hybridized carbons (Fsp3) is 0.667. The van der Waals surface area contributed by atoms with Gasteiger partial charge in [0, 0.05) is 25.7 Å². The van der Waals surface area contributed by atoms with Crippen LogP contribution in [0.1, 0.15) is 19.0 Å². The second-order valence-electron chi connectivity index (χ2n) is 4.80. The molecule has 1 unspecified atom stereocenters. The van der Waals surface area contributed by atoms with Gasteiger partial charge in [-0.2, -0.15) is 4.98 Å². The van der Waals surface area contributed by atoms with E-state index in [9.17, 15) is 0 Å². The van der Waals surface area contributed by atoms with E-state index in [2.05, 4.69) is 33.7 Å². The first kappa shape index (κ1) is 13.4. The number of piperazine rings is 1. The van der Waals surface area contributed by atoms with Crippen LogP contribution < -0.4 is 10.6 Å². The Morgan fingerprint density at radius 3 is 2.78 bits per heavy atom. The molecular weight excluding hydrogens is 250 g/mol. The number of hydrogen-bond acceptors (Lipinski definition) is 5. The van der Waals surface area contributed by atoms with Gasteiger partial charge in [0.25, 0.3) is 0 Å². The fourth-order valence-electron chi connectivity index (χ4n) is 2.35. The Labute approximate surface area is 113 Å². The van der Waals surface area contributed by atoms with Crippen LogP contribution in [0.4, 0.5) is 11.5 Å². The van der Waals surface area contributed by atoms with Crippen LogP contribution in [0, 0.1) is 6.92 Å². The summed E-state index contributed by atoms with van der Waals surface area (Å²) >= 11 is 5.93. The lowest BCUT2D eigenvalue weighted by Crippen LogP contribution is -2.51. The Kier molecular flexibility index (Phi) is 3.92. The summed E-state index contributed by atoms with van der Waals surface area (Å²) in [6.45, 7) is 6.93. The quantitative estimate of drug-likeness (QED) is 0.826. The van der Waals surface area contributed by atoms with Crippen molar-refractivity contribution in [1.82, 2.24) is 14.9 Å². The topological polar surface area (TPSA) is 58.3 Å². The van der Waals surface area contributed by atoms with Gasteiger partial charge >= 0.3 is 0 Å². The predicted octanol–water partition coefficient (Wildman–Crippen LogP) is 1.55. The van der Waals surface area contributed by atoms with Crippen molar-refractivity contribution in [3.8, 4) is 0 Å². The van der Waals surface area contributed by atoms with Crippen LogP contribution in [0.15, 0.2) is 0 Å². The lowest BCUT2D eigenvalue weighted by molar-refractivity contribution is 0.213. The molecule has 0 aromatic carbocycles. The van der Waals surface area contributed by atoms with Crippen LogP contribution in [0.25, 0.3) is 0 Å². The smallest absolute Gasteiger partial charge is 0.224 e. The molecule has 18 heavy (non-hydrogen) atoms. The third-order valence-electron chi connectivity index (χ3n) is 3.64. The molecule has 0 radical (unpaired) electrons. The fourth-order valence-corrected chi connectivity index (χ4v) is 2.56. The summed E-state index contributed by atoms with van der Waals surface area (Å²) < 4.78 is 0. The van der Waals surface area contributed by atoms with E-state index in [1.807, 2.05) is 6.92 Å². The lowest BCUT2D eigenvalue weighted by atomic mass is 10.1. The zero-order valence-corrected chi connectivity index (χ0v) is 11.9. The van der Waals surface area contributed by atoms with Gasteiger partial charge in [-0.25, -0.2) is 4.98 Å². The second-order valence-corrected chi connectivity index (χ2v) is 5.14. The molecular formula is C12H20ClN5. The largest absolute Gasteiger partial charge is 0.394 e. The summed E-state index contributed by atoms with van der Waals surface area (Å²) in [6, 6.07) is 0.534. The van der Waals surface area contributed by atoms with Gasteiger partial charge in [-0.3, -0.25) is 4.90 Å². The molecule has 0 amide bonds. The summed E-state index contributed by atoms with van der Waals surface area (Å²) in [6.07, 6.45) is 1.12. The maximum Gasteiger partial charge on any atom is 0.224 e. The monoisotopic (exact) mass is 269 g/mol. The number of rotatable bonds is 2. The van der Waals surface area contributed by atoms with Gasteiger partial charge in [0.2, 0.25) is 5.28 Å². The Morgan fingerprint density at radius 1 is 1.39 bits per heavy atom. The molecule has 2 heterocycles. The van der Waals surface area contributed by atoms with Crippen LogP contribution in [0.3, 0.4) is 0 Å². The van der Waals surface area contributed by atoms with Gasteiger partial charge in [0.1, 0.15) is 0 Å².